The molecule has 0 bridgehead atoms. The van der Waals surface area contributed by atoms with Crippen molar-refractivity contribution in [2.24, 2.45) is 5.92 Å². The molecule has 8 nitrogen and oxygen atoms in total. The number of urea groups is 1. The molecule has 1 aromatic rings. The van der Waals surface area contributed by atoms with Gasteiger partial charge in [-0.1, -0.05) is 12.1 Å². The van der Waals surface area contributed by atoms with E-state index in [9.17, 15) is 23.6 Å². The number of piperidine rings is 1. The Labute approximate surface area is 167 Å². The van der Waals surface area contributed by atoms with Crippen LogP contribution in [0.4, 0.5) is 9.18 Å². The van der Waals surface area contributed by atoms with Crippen LogP contribution in [0.1, 0.15) is 24.8 Å². The summed E-state index contributed by atoms with van der Waals surface area (Å²) < 4.78 is 13.4. The van der Waals surface area contributed by atoms with Crippen LogP contribution in [0.25, 0.3) is 0 Å². The Balaban J connectivity index is 1.36. The van der Waals surface area contributed by atoms with Gasteiger partial charge in [-0.2, -0.15) is 0 Å². The average molecular weight is 402 g/mol. The van der Waals surface area contributed by atoms with Gasteiger partial charge in [0, 0.05) is 39.6 Å². The summed E-state index contributed by atoms with van der Waals surface area (Å²) in [6.07, 6.45) is 0.858. The third-order valence-electron chi connectivity index (χ3n) is 6.12. The van der Waals surface area contributed by atoms with Gasteiger partial charge in [0.1, 0.15) is 11.4 Å². The molecule has 3 aliphatic rings. The molecule has 154 valence electrons. The van der Waals surface area contributed by atoms with Crippen LogP contribution in [0.15, 0.2) is 24.3 Å². The van der Waals surface area contributed by atoms with E-state index in [1.165, 1.54) is 19.2 Å². The maximum atomic E-state index is 13.4. The highest BCUT2D eigenvalue weighted by molar-refractivity contribution is 6.07. The first-order valence-electron chi connectivity index (χ1n) is 9.70. The largest absolute Gasteiger partial charge is 0.342 e. The summed E-state index contributed by atoms with van der Waals surface area (Å²) in [7, 11) is 1.45. The first kappa shape index (κ1) is 19.4. The van der Waals surface area contributed by atoms with Gasteiger partial charge in [-0.05, 0) is 30.5 Å². The minimum absolute atomic E-state index is 0.111. The Bertz CT molecular complexity index is 881. The zero-order chi connectivity index (χ0) is 20.8. The van der Waals surface area contributed by atoms with Crippen molar-refractivity contribution in [3.63, 3.8) is 0 Å². The van der Waals surface area contributed by atoms with Crippen molar-refractivity contribution in [1.82, 2.24) is 20.0 Å². The van der Waals surface area contributed by atoms with Gasteiger partial charge >= 0.3 is 6.03 Å². The monoisotopic (exact) mass is 402 g/mol. The van der Waals surface area contributed by atoms with E-state index < -0.39 is 17.5 Å². The van der Waals surface area contributed by atoms with Gasteiger partial charge in [-0.3, -0.25) is 19.3 Å². The number of halogens is 1. The lowest BCUT2D eigenvalue weighted by molar-refractivity contribution is -0.140. The predicted octanol–water partition coefficient (Wildman–Crippen LogP) is 0.717. The highest BCUT2D eigenvalue weighted by Crippen LogP contribution is 2.30. The Morgan fingerprint density at radius 1 is 1.24 bits per heavy atom. The lowest BCUT2D eigenvalue weighted by atomic mass is 9.87. The van der Waals surface area contributed by atoms with E-state index in [1.54, 1.807) is 21.9 Å². The van der Waals surface area contributed by atoms with Crippen LogP contribution in [0.3, 0.4) is 0 Å². The molecule has 1 aromatic carbocycles. The van der Waals surface area contributed by atoms with Crippen LogP contribution in [0.2, 0.25) is 0 Å². The second-order valence-corrected chi connectivity index (χ2v) is 8.01. The molecule has 1 atom stereocenters. The highest BCUT2D eigenvalue weighted by Gasteiger charge is 2.52. The van der Waals surface area contributed by atoms with Crippen LogP contribution >= 0.6 is 0 Å². The molecule has 5 amide bonds. The number of rotatable bonds is 3. The van der Waals surface area contributed by atoms with Crippen molar-refractivity contribution in [3.8, 4) is 0 Å². The third kappa shape index (κ3) is 3.45. The third-order valence-corrected chi connectivity index (χ3v) is 6.12. The maximum absolute atomic E-state index is 13.4. The van der Waals surface area contributed by atoms with E-state index in [0.717, 1.165) is 4.90 Å². The van der Waals surface area contributed by atoms with Gasteiger partial charge in [-0.25, -0.2) is 9.18 Å². The summed E-state index contributed by atoms with van der Waals surface area (Å²) in [5.41, 5.74) is -0.233. The molecule has 1 unspecified atom stereocenters. The Kier molecular flexibility index (Phi) is 4.76. The molecule has 3 fully saturated rings. The predicted molar refractivity (Wildman–Crippen MR) is 99.8 cm³/mol. The summed E-state index contributed by atoms with van der Waals surface area (Å²) >= 11 is 0. The number of nitrogens with zero attached hydrogens (tertiary/aromatic N) is 3. The SMILES string of the molecule is CN1C(=O)NC2(CCN(C(=O)C3CC(=O)N(Cc4cccc(F)c4)C3)CC2)C1=O. The molecule has 3 saturated heterocycles. The number of nitrogens with one attached hydrogen (secondary N) is 1. The molecule has 1 spiro atoms. The van der Waals surface area contributed by atoms with Gasteiger partial charge in [0.05, 0.1) is 5.92 Å². The van der Waals surface area contributed by atoms with Gasteiger partial charge in [0.25, 0.3) is 5.91 Å². The fraction of sp³-hybridized carbons (Fsp3) is 0.500. The van der Waals surface area contributed by atoms with Crippen molar-refractivity contribution in [3.05, 3.63) is 35.6 Å². The molecule has 0 saturated carbocycles. The molecule has 3 heterocycles. The molecule has 9 heteroatoms. The number of carbonyl (C=O) groups is 4. The second-order valence-electron chi connectivity index (χ2n) is 8.01. The first-order chi connectivity index (χ1) is 13.8. The Morgan fingerprint density at radius 3 is 2.59 bits per heavy atom. The second kappa shape index (κ2) is 7.13. The first-order valence-corrected chi connectivity index (χ1v) is 9.70. The van der Waals surface area contributed by atoms with Crippen LogP contribution in [0, 0.1) is 11.7 Å². The van der Waals surface area contributed by atoms with Gasteiger partial charge in [0.2, 0.25) is 11.8 Å². The van der Waals surface area contributed by atoms with Crippen molar-refractivity contribution in [1.29, 1.82) is 0 Å². The Hall–Kier alpha value is -2.97. The molecular weight excluding hydrogens is 379 g/mol. The summed E-state index contributed by atoms with van der Waals surface area (Å²) in [5.74, 6) is -1.29. The fourth-order valence-corrected chi connectivity index (χ4v) is 4.41. The lowest BCUT2D eigenvalue weighted by Gasteiger charge is -2.38. The van der Waals surface area contributed by atoms with Crippen LogP contribution in [-0.4, -0.2) is 70.7 Å². The molecule has 3 aliphatic heterocycles. The summed E-state index contributed by atoms with van der Waals surface area (Å²) in [6, 6.07) is 5.66. The summed E-state index contributed by atoms with van der Waals surface area (Å²) in [5, 5.41) is 2.75. The minimum Gasteiger partial charge on any atom is -0.342 e. The molecular formula is C20H23FN4O4. The number of amides is 5. The van der Waals surface area contributed by atoms with Crippen molar-refractivity contribution < 1.29 is 23.6 Å². The number of benzene rings is 1. The van der Waals surface area contributed by atoms with E-state index in [1.807, 2.05) is 0 Å². The number of imide groups is 1. The molecule has 29 heavy (non-hydrogen) atoms. The van der Waals surface area contributed by atoms with Crippen LogP contribution in [0.5, 0.6) is 0 Å². The van der Waals surface area contributed by atoms with Gasteiger partial charge in [-0.15, -0.1) is 0 Å². The summed E-state index contributed by atoms with van der Waals surface area (Å²) in [6.45, 7) is 1.28. The van der Waals surface area contributed by atoms with Gasteiger partial charge < -0.3 is 15.1 Å². The molecule has 0 radical (unpaired) electrons. The van der Waals surface area contributed by atoms with E-state index in [0.29, 0.717) is 38.0 Å². The smallest absolute Gasteiger partial charge is 0.324 e. The number of likely N-dealkylation sites (N-methyl/N-ethyl adjacent to an activating group) is 1. The highest BCUT2D eigenvalue weighted by atomic mass is 19.1. The standard InChI is InChI=1S/C20H23FN4O4/c1-23-18(28)20(22-19(23)29)5-7-24(8-6-20)17(27)14-10-16(26)25(12-14)11-13-3-2-4-15(21)9-13/h2-4,9,14H,5-8,10-12H2,1H3,(H,22,29). The van der Waals surface area contributed by atoms with Crippen molar-refractivity contribution >= 4 is 23.8 Å². The fourth-order valence-electron chi connectivity index (χ4n) is 4.41. The van der Waals surface area contributed by atoms with Crippen molar-refractivity contribution in [2.45, 2.75) is 31.3 Å². The van der Waals surface area contributed by atoms with Crippen molar-refractivity contribution in [2.75, 3.05) is 26.7 Å². The number of hydrogen-bond acceptors (Lipinski definition) is 4. The normalized spacial score (nSPS) is 23.9. The van der Waals surface area contributed by atoms with E-state index in [2.05, 4.69) is 5.32 Å². The summed E-state index contributed by atoms with van der Waals surface area (Å²) in [4.78, 5) is 53.7. The minimum atomic E-state index is -0.919. The van der Waals surface area contributed by atoms with E-state index >= 15 is 0 Å². The van der Waals surface area contributed by atoms with E-state index in [-0.39, 0.29) is 36.5 Å². The zero-order valence-corrected chi connectivity index (χ0v) is 16.2. The number of hydrogen-bond donors (Lipinski definition) is 1. The topological polar surface area (TPSA) is 90.0 Å². The Morgan fingerprint density at radius 2 is 1.97 bits per heavy atom. The van der Waals surface area contributed by atoms with E-state index in [4.69, 9.17) is 0 Å². The number of likely N-dealkylation sites (tertiary alicyclic amines) is 2. The van der Waals surface area contributed by atoms with Gasteiger partial charge in [0.15, 0.2) is 0 Å². The molecule has 0 aromatic heterocycles. The lowest BCUT2D eigenvalue weighted by Crippen LogP contribution is -2.56. The molecule has 0 aliphatic carbocycles. The number of carbonyl (C=O) groups excluding carboxylic acids is 4. The maximum Gasteiger partial charge on any atom is 0.324 e. The quantitative estimate of drug-likeness (QED) is 0.755. The molecule has 1 N–H and O–H groups in total. The van der Waals surface area contributed by atoms with Crippen LogP contribution in [-0.2, 0) is 20.9 Å². The van der Waals surface area contributed by atoms with Crippen LogP contribution < -0.4 is 5.32 Å². The average Bonchev–Trinajstić information content (AvgIpc) is 3.15. The molecule has 4 rings (SSSR count). The zero-order valence-electron chi connectivity index (χ0n) is 16.2.